The monoisotopic (exact) mass is 358 g/mol. The Morgan fingerprint density at radius 1 is 0.429 bits per heavy atom. The lowest BCUT2D eigenvalue weighted by Gasteiger charge is -2.01. The van der Waals surface area contributed by atoms with Gasteiger partial charge in [-0.25, -0.2) is 0 Å². The van der Waals surface area contributed by atoms with E-state index in [-0.39, 0.29) is 0 Å². The van der Waals surface area contributed by atoms with Crippen LogP contribution in [-0.4, -0.2) is 19.9 Å². The molecule has 4 aromatic rings. The van der Waals surface area contributed by atoms with Gasteiger partial charge in [-0.3, -0.25) is 19.9 Å². The van der Waals surface area contributed by atoms with E-state index in [1.165, 1.54) is 0 Å². The Bertz CT molecular complexity index is 1110. The molecule has 4 rings (SSSR count). The van der Waals surface area contributed by atoms with Crippen molar-refractivity contribution in [2.24, 2.45) is 0 Å². The number of aromatic nitrogens is 4. The summed E-state index contributed by atoms with van der Waals surface area (Å²) in [5, 5.41) is 0. The molecule has 0 saturated carbocycles. The zero-order valence-corrected chi connectivity index (χ0v) is 14.9. The molecule has 0 saturated heterocycles. The first-order valence-electron chi connectivity index (χ1n) is 8.63. The van der Waals surface area contributed by atoms with Gasteiger partial charge in [0.1, 0.15) is 0 Å². The van der Waals surface area contributed by atoms with Crippen molar-refractivity contribution in [3.63, 3.8) is 0 Å². The van der Waals surface area contributed by atoms with E-state index < -0.39 is 0 Å². The van der Waals surface area contributed by atoms with Gasteiger partial charge in [0, 0.05) is 59.4 Å². The molecule has 4 heterocycles. The Morgan fingerprint density at radius 2 is 0.786 bits per heavy atom. The quantitative estimate of drug-likeness (QED) is 0.487. The van der Waals surface area contributed by atoms with Crippen LogP contribution in [0.3, 0.4) is 0 Å². The van der Waals surface area contributed by atoms with E-state index in [2.05, 4.69) is 43.6 Å². The molecule has 4 aromatic heterocycles. The normalized spacial score (nSPS) is 9.57. The maximum absolute atomic E-state index is 4.43. The van der Waals surface area contributed by atoms with Gasteiger partial charge < -0.3 is 0 Å². The third-order valence-electron chi connectivity index (χ3n) is 3.85. The summed E-state index contributed by atoms with van der Waals surface area (Å²) >= 11 is 0. The standard InChI is InChI=1S/C24H14N4/c1(19-5-11-25-12-6-19)3-21-9-15-27-23(17-21)24-18-22(10-16-28-24)4-2-20-7-13-26-14-8-20/h5-18H. The molecule has 4 heteroatoms. The average molecular weight is 358 g/mol. The number of hydrogen-bond donors (Lipinski definition) is 0. The molecule has 28 heavy (non-hydrogen) atoms. The Hall–Kier alpha value is -4.28. The van der Waals surface area contributed by atoms with Gasteiger partial charge in [-0.1, -0.05) is 23.7 Å². The Morgan fingerprint density at radius 3 is 1.21 bits per heavy atom. The molecular formula is C24H14N4. The molecule has 4 nitrogen and oxygen atoms in total. The Kier molecular flexibility index (Phi) is 5.15. The van der Waals surface area contributed by atoms with Crippen molar-refractivity contribution in [1.82, 2.24) is 19.9 Å². The first kappa shape index (κ1) is 17.1. The maximum Gasteiger partial charge on any atom is 0.0898 e. The van der Waals surface area contributed by atoms with Crippen LogP contribution in [0.15, 0.2) is 85.7 Å². The molecule has 0 unspecified atom stereocenters. The fourth-order valence-corrected chi connectivity index (χ4v) is 2.46. The minimum Gasteiger partial charge on any atom is -0.265 e. The van der Waals surface area contributed by atoms with Crippen LogP contribution in [0.2, 0.25) is 0 Å². The van der Waals surface area contributed by atoms with Crippen LogP contribution in [0.5, 0.6) is 0 Å². The van der Waals surface area contributed by atoms with Crippen molar-refractivity contribution in [2.45, 2.75) is 0 Å². The Balaban J connectivity index is 1.60. The molecule has 0 radical (unpaired) electrons. The molecule has 0 aliphatic rings. The van der Waals surface area contributed by atoms with Gasteiger partial charge in [0.25, 0.3) is 0 Å². The minimum atomic E-state index is 0.758. The van der Waals surface area contributed by atoms with E-state index in [0.29, 0.717) is 0 Å². The second-order valence-electron chi connectivity index (χ2n) is 5.83. The second-order valence-corrected chi connectivity index (χ2v) is 5.83. The predicted molar refractivity (Wildman–Crippen MR) is 108 cm³/mol. The predicted octanol–water partition coefficient (Wildman–Crippen LogP) is 3.73. The van der Waals surface area contributed by atoms with Crippen molar-refractivity contribution < 1.29 is 0 Å². The summed E-state index contributed by atoms with van der Waals surface area (Å²) in [5.74, 6) is 12.6. The molecule has 0 bridgehead atoms. The van der Waals surface area contributed by atoms with Crippen LogP contribution in [0.4, 0.5) is 0 Å². The van der Waals surface area contributed by atoms with Crippen LogP contribution < -0.4 is 0 Å². The van der Waals surface area contributed by atoms with Crippen molar-refractivity contribution in [3.8, 4) is 35.1 Å². The van der Waals surface area contributed by atoms with Crippen molar-refractivity contribution in [1.29, 1.82) is 0 Å². The SMILES string of the molecule is C(#Cc1ccnc(-c2cc(C#Cc3ccncc3)ccn2)c1)c1ccncc1. The molecular weight excluding hydrogens is 344 g/mol. The summed E-state index contributed by atoms with van der Waals surface area (Å²) in [6, 6.07) is 15.1. The molecule has 0 fully saturated rings. The summed E-state index contributed by atoms with van der Waals surface area (Å²) in [4.78, 5) is 16.8. The van der Waals surface area contributed by atoms with Crippen LogP contribution >= 0.6 is 0 Å². The van der Waals surface area contributed by atoms with E-state index in [9.17, 15) is 0 Å². The van der Waals surface area contributed by atoms with Crippen molar-refractivity contribution in [3.05, 3.63) is 108 Å². The highest BCUT2D eigenvalue weighted by atomic mass is 14.8. The maximum atomic E-state index is 4.43. The van der Waals surface area contributed by atoms with Gasteiger partial charge in [0.2, 0.25) is 0 Å². The van der Waals surface area contributed by atoms with E-state index in [1.807, 2.05) is 48.5 Å². The van der Waals surface area contributed by atoms with Crippen molar-refractivity contribution >= 4 is 0 Å². The van der Waals surface area contributed by atoms with Crippen molar-refractivity contribution in [2.75, 3.05) is 0 Å². The summed E-state index contributed by atoms with van der Waals surface area (Å²) < 4.78 is 0. The van der Waals surface area contributed by atoms with Crippen LogP contribution in [0.25, 0.3) is 11.4 Å². The summed E-state index contributed by atoms with van der Waals surface area (Å²) in [6.07, 6.45) is 10.4. The number of rotatable bonds is 1. The van der Waals surface area contributed by atoms with E-state index in [1.54, 1.807) is 37.2 Å². The molecule has 0 atom stereocenters. The smallest absolute Gasteiger partial charge is 0.0898 e. The average Bonchev–Trinajstić information content (AvgIpc) is 2.78. The highest BCUT2D eigenvalue weighted by molar-refractivity contribution is 5.59. The topological polar surface area (TPSA) is 51.6 Å². The van der Waals surface area contributed by atoms with E-state index in [4.69, 9.17) is 0 Å². The fourth-order valence-electron chi connectivity index (χ4n) is 2.46. The van der Waals surface area contributed by atoms with Gasteiger partial charge in [-0.15, -0.1) is 0 Å². The number of pyridine rings is 4. The third-order valence-corrected chi connectivity index (χ3v) is 3.85. The molecule has 0 aliphatic carbocycles. The molecule has 0 aliphatic heterocycles. The van der Waals surface area contributed by atoms with E-state index >= 15 is 0 Å². The van der Waals surface area contributed by atoms with E-state index in [0.717, 1.165) is 33.6 Å². The van der Waals surface area contributed by atoms with Gasteiger partial charge in [-0.2, -0.15) is 0 Å². The second kappa shape index (κ2) is 8.40. The molecule has 0 N–H and O–H groups in total. The highest BCUT2D eigenvalue weighted by Crippen LogP contribution is 2.16. The zero-order chi connectivity index (χ0) is 19.0. The summed E-state index contributed by atoms with van der Waals surface area (Å²) in [7, 11) is 0. The highest BCUT2D eigenvalue weighted by Gasteiger charge is 2.02. The van der Waals surface area contributed by atoms with Gasteiger partial charge in [0.15, 0.2) is 0 Å². The lowest BCUT2D eigenvalue weighted by molar-refractivity contribution is 1.24. The number of nitrogens with zero attached hydrogens (tertiary/aromatic N) is 4. The Labute approximate surface area is 163 Å². The minimum absolute atomic E-state index is 0.758. The first-order chi connectivity index (χ1) is 13.9. The van der Waals surface area contributed by atoms with Gasteiger partial charge in [-0.05, 0) is 48.5 Å². The molecule has 0 aromatic carbocycles. The molecule has 0 amide bonds. The lowest BCUT2D eigenvalue weighted by Crippen LogP contribution is -1.89. The fraction of sp³-hybridized carbons (Fsp3) is 0. The molecule has 0 spiro atoms. The summed E-state index contributed by atoms with van der Waals surface area (Å²) in [5.41, 5.74) is 5.09. The first-order valence-corrected chi connectivity index (χ1v) is 8.63. The largest absolute Gasteiger partial charge is 0.265 e. The van der Waals surface area contributed by atoms with Crippen LogP contribution in [-0.2, 0) is 0 Å². The summed E-state index contributed by atoms with van der Waals surface area (Å²) in [6.45, 7) is 0. The third kappa shape index (κ3) is 4.46. The van der Waals surface area contributed by atoms with Crippen LogP contribution in [0.1, 0.15) is 22.3 Å². The lowest BCUT2D eigenvalue weighted by atomic mass is 10.1. The van der Waals surface area contributed by atoms with Crippen LogP contribution in [0, 0.1) is 23.7 Å². The zero-order valence-electron chi connectivity index (χ0n) is 14.9. The number of hydrogen-bond acceptors (Lipinski definition) is 4. The van der Waals surface area contributed by atoms with Gasteiger partial charge in [0.05, 0.1) is 11.4 Å². The molecule has 130 valence electrons. The van der Waals surface area contributed by atoms with Gasteiger partial charge >= 0.3 is 0 Å².